The van der Waals surface area contributed by atoms with Gasteiger partial charge in [-0.3, -0.25) is 4.79 Å². The lowest BCUT2D eigenvalue weighted by Gasteiger charge is -2.38. The molecule has 0 unspecified atom stereocenters. The molecule has 1 amide bonds. The maximum atomic E-state index is 11.7. The van der Waals surface area contributed by atoms with Gasteiger partial charge >= 0.3 is 0 Å². The molecule has 1 aliphatic heterocycles. The third-order valence-electron chi connectivity index (χ3n) is 2.99. The van der Waals surface area contributed by atoms with Crippen LogP contribution in [0.4, 0.5) is 5.69 Å². The van der Waals surface area contributed by atoms with Crippen molar-refractivity contribution in [2.24, 2.45) is 0 Å². The van der Waals surface area contributed by atoms with E-state index in [1.54, 1.807) is 25.3 Å². The zero-order valence-corrected chi connectivity index (χ0v) is 11.7. The molecule has 5 nitrogen and oxygen atoms in total. The first-order chi connectivity index (χ1) is 9.02. The minimum Gasteiger partial charge on any atom is -0.495 e. The second-order valence-electron chi connectivity index (χ2n) is 4.74. The average Bonchev–Trinajstić information content (AvgIpc) is 2.34. The van der Waals surface area contributed by atoms with Crippen molar-refractivity contribution in [2.75, 3.05) is 32.1 Å². The maximum absolute atomic E-state index is 11.7. The summed E-state index contributed by atoms with van der Waals surface area (Å²) in [4.78, 5) is 11.7. The number of amides is 1. The van der Waals surface area contributed by atoms with Crippen molar-refractivity contribution in [3.05, 3.63) is 23.2 Å². The van der Waals surface area contributed by atoms with Crippen molar-refractivity contribution in [1.29, 1.82) is 0 Å². The van der Waals surface area contributed by atoms with Crippen LogP contribution >= 0.6 is 11.6 Å². The number of hydrogen-bond acceptors (Lipinski definition) is 4. The monoisotopic (exact) mass is 284 g/mol. The molecule has 0 bridgehead atoms. The van der Waals surface area contributed by atoms with Crippen LogP contribution in [0.5, 0.6) is 5.75 Å². The molecule has 1 heterocycles. The van der Waals surface area contributed by atoms with Gasteiger partial charge in [-0.05, 0) is 25.1 Å². The van der Waals surface area contributed by atoms with Gasteiger partial charge < -0.3 is 20.1 Å². The molecule has 1 aromatic carbocycles. The third kappa shape index (κ3) is 3.59. The van der Waals surface area contributed by atoms with Crippen molar-refractivity contribution in [3.8, 4) is 5.75 Å². The Morgan fingerprint density at radius 2 is 2.26 bits per heavy atom. The van der Waals surface area contributed by atoms with E-state index in [-0.39, 0.29) is 18.1 Å². The standard InChI is InChI=1S/C13H17ClN2O3/c1-13(7-15-8-13)19-6-12(17)16-9-3-4-11(18-2)10(14)5-9/h3-5,15H,6-8H2,1-2H3,(H,16,17). The van der Waals surface area contributed by atoms with Crippen LogP contribution < -0.4 is 15.4 Å². The molecule has 0 aliphatic carbocycles. The van der Waals surface area contributed by atoms with Crippen LogP contribution in [0, 0.1) is 0 Å². The number of nitrogens with one attached hydrogen (secondary N) is 2. The van der Waals surface area contributed by atoms with E-state index in [0.29, 0.717) is 16.5 Å². The van der Waals surface area contributed by atoms with E-state index in [2.05, 4.69) is 10.6 Å². The third-order valence-corrected chi connectivity index (χ3v) is 3.28. The zero-order valence-electron chi connectivity index (χ0n) is 11.0. The highest BCUT2D eigenvalue weighted by molar-refractivity contribution is 6.32. The van der Waals surface area contributed by atoms with Gasteiger partial charge in [0.15, 0.2) is 0 Å². The normalized spacial score (nSPS) is 16.6. The summed E-state index contributed by atoms with van der Waals surface area (Å²) >= 11 is 5.98. The van der Waals surface area contributed by atoms with Gasteiger partial charge in [-0.1, -0.05) is 11.6 Å². The highest BCUT2D eigenvalue weighted by Crippen LogP contribution is 2.27. The van der Waals surface area contributed by atoms with Gasteiger partial charge in [0.25, 0.3) is 0 Å². The number of rotatable bonds is 5. The van der Waals surface area contributed by atoms with Gasteiger partial charge in [-0.15, -0.1) is 0 Å². The Hall–Kier alpha value is -1.30. The van der Waals surface area contributed by atoms with E-state index in [9.17, 15) is 4.79 Å². The molecule has 104 valence electrons. The fraction of sp³-hybridized carbons (Fsp3) is 0.462. The molecule has 0 saturated carbocycles. The second-order valence-corrected chi connectivity index (χ2v) is 5.15. The first kappa shape index (κ1) is 14.1. The van der Waals surface area contributed by atoms with Crippen molar-refractivity contribution in [1.82, 2.24) is 5.32 Å². The summed E-state index contributed by atoms with van der Waals surface area (Å²) in [7, 11) is 1.54. The van der Waals surface area contributed by atoms with Gasteiger partial charge in [0.05, 0.1) is 17.7 Å². The van der Waals surface area contributed by atoms with Crippen LogP contribution in [-0.4, -0.2) is 38.3 Å². The number of halogens is 1. The Balaban J connectivity index is 1.86. The van der Waals surface area contributed by atoms with E-state index in [1.807, 2.05) is 6.92 Å². The van der Waals surface area contributed by atoms with Crippen molar-refractivity contribution >= 4 is 23.2 Å². The maximum Gasteiger partial charge on any atom is 0.250 e. The molecule has 6 heteroatoms. The molecule has 1 saturated heterocycles. The smallest absolute Gasteiger partial charge is 0.250 e. The second kappa shape index (κ2) is 5.77. The molecular weight excluding hydrogens is 268 g/mol. The van der Waals surface area contributed by atoms with Gasteiger partial charge in [0, 0.05) is 18.8 Å². The van der Waals surface area contributed by atoms with Crippen LogP contribution in [0.15, 0.2) is 18.2 Å². The van der Waals surface area contributed by atoms with Gasteiger partial charge in [-0.2, -0.15) is 0 Å². The fourth-order valence-corrected chi connectivity index (χ4v) is 2.02. The number of ether oxygens (including phenoxy) is 2. The van der Waals surface area contributed by atoms with Crippen molar-refractivity contribution in [3.63, 3.8) is 0 Å². The summed E-state index contributed by atoms with van der Waals surface area (Å²) in [6.45, 7) is 3.55. The van der Waals surface area contributed by atoms with Gasteiger partial charge in [-0.25, -0.2) is 0 Å². The molecule has 19 heavy (non-hydrogen) atoms. The lowest BCUT2D eigenvalue weighted by molar-refractivity contribution is -0.130. The average molecular weight is 285 g/mol. The minimum atomic E-state index is -0.227. The van der Waals surface area contributed by atoms with Crippen LogP contribution in [0.3, 0.4) is 0 Å². The molecule has 2 rings (SSSR count). The SMILES string of the molecule is COc1ccc(NC(=O)COC2(C)CNC2)cc1Cl. The topological polar surface area (TPSA) is 59.6 Å². The molecule has 0 radical (unpaired) electrons. The van der Waals surface area contributed by atoms with E-state index in [4.69, 9.17) is 21.1 Å². The van der Waals surface area contributed by atoms with Crippen LogP contribution in [0.2, 0.25) is 5.02 Å². The quantitative estimate of drug-likeness (QED) is 0.863. The number of hydrogen-bond donors (Lipinski definition) is 2. The number of carbonyl (C=O) groups is 1. The number of benzene rings is 1. The summed E-state index contributed by atoms with van der Waals surface area (Å²) < 4.78 is 10.6. The highest BCUT2D eigenvalue weighted by atomic mass is 35.5. The molecule has 1 aromatic rings. The van der Waals surface area contributed by atoms with E-state index in [0.717, 1.165) is 13.1 Å². The minimum absolute atomic E-state index is 0.0296. The van der Waals surface area contributed by atoms with Crippen LogP contribution in [0.25, 0.3) is 0 Å². The summed E-state index contributed by atoms with van der Waals surface area (Å²) in [6, 6.07) is 5.08. The van der Waals surface area contributed by atoms with Crippen LogP contribution in [0.1, 0.15) is 6.92 Å². The van der Waals surface area contributed by atoms with E-state index in [1.165, 1.54) is 0 Å². The summed E-state index contributed by atoms with van der Waals surface area (Å²) in [5.41, 5.74) is 0.394. The summed E-state index contributed by atoms with van der Waals surface area (Å²) in [5, 5.41) is 6.29. The summed E-state index contributed by atoms with van der Waals surface area (Å²) in [5.74, 6) is 0.373. The van der Waals surface area contributed by atoms with E-state index < -0.39 is 0 Å². The number of methoxy groups -OCH3 is 1. The Morgan fingerprint density at radius 1 is 1.53 bits per heavy atom. The lowest BCUT2D eigenvalue weighted by atomic mass is 10.0. The largest absolute Gasteiger partial charge is 0.495 e. The molecule has 2 N–H and O–H groups in total. The molecule has 0 atom stereocenters. The van der Waals surface area contributed by atoms with Gasteiger partial charge in [0.2, 0.25) is 5.91 Å². The first-order valence-corrected chi connectivity index (χ1v) is 6.38. The molecule has 1 aliphatic rings. The molecule has 0 spiro atoms. The summed E-state index contributed by atoms with van der Waals surface area (Å²) in [6.07, 6.45) is 0. The van der Waals surface area contributed by atoms with Gasteiger partial charge in [0.1, 0.15) is 12.4 Å². The van der Waals surface area contributed by atoms with E-state index >= 15 is 0 Å². The highest BCUT2D eigenvalue weighted by Gasteiger charge is 2.32. The van der Waals surface area contributed by atoms with Crippen molar-refractivity contribution < 1.29 is 14.3 Å². The molecule has 0 aromatic heterocycles. The van der Waals surface area contributed by atoms with Crippen LogP contribution in [-0.2, 0) is 9.53 Å². The fourth-order valence-electron chi connectivity index (χ4n) is 1.76. The number of anilines is 1. The Labute approximate surface area is 117 Å². The zero-order chi connectivity index (χ0) is 13.9. The number of carbonyl (C=O) groups excluding carboxylic acids is 1. The first-order valence-electron chi connectivity index (χ1n) is 6.00. The van der Waals surface area contributed by atoms with Crippen molar-refractivity contribution in [2.45, 2.75) is 12.5 Å². The predicted octanol–water partition coefficient (Wildman–Crippen LogP) is 1.67. The molecule has 1 fully saturated rings. The Bertz CT molecular complexity index is 475. The Morgan fingerprint density at radius 3 is 2.79 bits per heavy atom. The lowest BCUT2D eigenvalue weighted by Crippen LogP contribution is -2.59. The Kier molecular flexibility index (Phi) is 4.29. The molecular formula is C13H17ClN2O3. The predicted molar refractivity (Wildman–Crippen MR) is 73.9 cm³/mol.